The molecular formula is C14H13N5O2. The summed E-state index contributed by atoms with van der Waals surface area (Å²) in [6, 6.07) is 2.10. The summed E-state index contributed by atoms with van der Waals surface area (Å²) in [5, 5.41) is 3.36. The summed E-state index contributed by atoms with van der Waals surface area (Å²) >= 11 is 0. The highest BCUT2D eigenvalue weighted by atomic mass is 16.3. The first-order valence-electron chi connectivity index (χ1n) is 6.69. The first kappa shape index (κ1) is 12.0. The average molecular weight is 283 g/mol. The van der Waals surface area contributed by atoms with Gasteiger partial charge in [-0.1, -0.05) is 0 Å². The van der Waals surface area contributed by atoms with Crippen LogP contribution in [0.1, 0.15) is 23.4 Å². The minimum Gasteiger partial charge on any atom is -0.458 e. The maximum atomic E-state index is 11.1. The Balaban J connectivity index is 1.81. The summed E-state index contributed by atoms with van der Waals surface area (Å²) in [5.41, 5.74) is 7.48. The fourth-order valence-electron chi connectivity index (χ4n) is 2.25. The summed E-state index contributed by atoms with van der Waals surface area (Å²) in [6.45, 7) is 0. The predicted molar refractivity (Wildman–Crippen MR) is 75.9 cm³/mol. The number of carbonyl (C=O) groups is 1. The molecule has 21 heavy (non-hydrogen) atoms. The van der Waals surface area contributed by atoms with Gasteiger partial charge < -0.3 is 15.5 Å². The summed E-state index contributed by atoms with van der Waals surface area (Å²) in [5.74, 6) is 0.298. The van der Waals surface area contributed by atoms with Crippen LogP contribution in [0.3, 0.4) is 0 Å². The molecule has 106 valence electrons. The largest absolute Gasteiger partial charge is 0.458 e. The van der Waals surface area contributed by atoms with Crippen LogP contribution < -0.4 is 11.1 Å². The molecule has 0 saturated heterocycles. The Morgan fingerprint density at radius 3 is 3.00 bits per heavy atom. The number of nitrogens with one attached hydrogen (secondary N) is 1. The van der Waals surface area contributed by atoms with Gasteiger partial charge in [0.2, 0.25) is 0 Å². The van der Waals surface area contributed by atoms with Crippen LogP contribution in [0, 0.1) is 0 Å². The summed E-state index contributed by atoms with van der Waals surface area (Å²) in [6.07, 6.45) is 9.12. The van der Waals surface area contributed by atoms with Crippen molar-refractivity contribution in [3.05, 3.63) is 36.7 Å². The fraction of sp³-hybridized carbons (Fsp3) is 0.214. The second-order valence-corrected chi connectivity index (χ2v) is 5.10. The number of furan rings is 1. The smallest absolute Gasteiger partial charge is 0.284 e. The highest BCUT2D eigenvalue weighted by molar-refractivity contribution is 5.91. The van der Waals surface area contributed by atoms with E-state index in [1.54, 1.807) is 18.5 Å². The van der Waals surface area contributed by atoms with Gasteiger partial charge in [0.25, 0.3) is 5.91 Å². The van der Waals surface area contributed by atoms with Crippen molar-refractivity contribution >= 4 is 17.4 Å². The number of nitrogens with zero attached hydrogens (tertiary/aromatic N) is 3. The molecule has 7 heteroatoms. The van der Waals surface area contributed by atoms with Crippen LogP contribution >= 0.6 is 0 Å². The lowest BCUT2D eigenvalue weighted by Gasteiger charge is -2.08. The van der Waals surface area contributed by atoms with Crippen LogP contribution in [0.2, 0.25) is 0 Å². The Morgan fingerprint density at radius 2 is 2.29 bits per heavy atom. The SMILES string of the molecule is NC(=O)c1cc(-c2cnc(NC3CC3)c3nccn23)co1. The van der Waals surface area contributed by atoms with Gasteiger partial charge in [0.15, 0.2) is 17.2 Å². The molecule has 7 nitrogen and oxygen atoms in total. The molecule has 1 saturated carbocycles. The van der Waals surface area contributed by atoms with E-state index in [-0.39, 0.29) is 5.76 Å². The zero-order valence-corrected chi connectivity index (χ0v) is 11.1. The third-order valence-electron chi connectivity index (χ3n) is 3.48. The Hall–Kier alpha value is -2.83. The van der Waals surface area contributed by atoms with Crippen LogP contribution in [0.25, 0.3) is 16.9 Å². The Kier molecular flexibility index (Phi) is 2.47. The minimum atomic E-state index is -0.594. The maximum absolute atomic E-state index is 11.1. The van der Waals surface area contributed by atoms with E-state index in [0.29, 0.717) is 6.04 Å². The standard InChI is InChI=1S/C14H13N5O2/c15-12(20)11-5-8(7-21-11)10-6-17-13(18-9-1-2-9)14-16-3-4-19(10)14/h3-7,9H,1-2H2,(H2,15,20)(H,17,18). The van der Waals surface area contributed by atoms with Crippen LogP contribution in [-0.4, -0.2) is 26.3 Å². The van der Waals surface area contributed by atoms with E-state index in [4.69, 9.17) is 10.2 Å². The van der Waals surface area contributed by atoms with Gasteiger partial charge in [-0.05, 0) is 18.9 Å². The molecule has 0 unspecified atom stereocenters. The van der Waals surface area contributed by atoms with Gasteiger partial charge in [-0.15, -0.1) is 0 Å². The fourth-order valence-corrected chi connectivity index (χ4v) is 2.25. The number of aromatic nitrogens is 3. The van der Waals surface area contributed by atoms with E-state index in [9.17, 15) is 4.79 Å². The van der Waals surface area contributed by atoms with Crippen molar-refractivity contribution in [3.63, 3.8) is 0 Å². The van der Waals surface area contributed by atoms with Crippen molar-refractivity contribution in [3.8, 4) is 11.3 Å². The number of anilines is 1. The molecule has 3 aromatic heterocycles. The number of fused-ring (bicyclic) bond motifs is 1. The number of hydrogen-bond acceptors (Lipinski definition) is 5. The number of rotatable bonds is 4. The quantitative estimate of drug-likeness (QED) is 0.758. The topological polar surface area (TPSA) is 98.5 Å². The molecule has 1 aliphatic carbocycles. The Bertz CT molecular complexity index is 831. The van der Waals surface area contributed by atoms with Crippen LogP contribution in [0.5, 0.6) is 0 Å². The summed E-state index contributed by atoms with van der Waals surface area (Å²) < 4.78 is 7.07. The summed E-state index contributed by atoms with van der Waals surface area (Å²) in [7, 11) is 0. The van der Waals surface area contributed by atoms with Crippen molar-refractivity contribution in [2.45, 2.75) is 18.9 Å². The number of imidazole rings is 1. The lowest BCUT2D eigenvalue weighted by atomic mass is 10.2. The normalized spacial score (nSPS) is 14.5. The van der Waals surface area contributed by atoms with E-state index < -0.39 is 5.91 Å². The highest BCUT2D eigenvalue weighted by Gasteiger charge is 2.23. The van der Waals surface area contributed by atoms with Gasteiger partial charge in [-0.2, -0.15) is 0 Å². The zero-order valence-electron chi connectivity index (χ0n) is 11.1. The third kappa shape index (κ3) is 2.03. The van der Waals surface area contributed by atoms with Crippen molar-refractivity contribution in [1.29, 1.82) is 0 Å². The van der Waals surface area contributed by atoms with Gasteiger partial charge in [0.05, 0.1) is 11.9 Å². The number of nitrogens with two attached hydrogens (primary N) is 1. The van der Waals surface area contributed by atoms with E-state index in [0.717, 1.165) is 22.7 Å². The first-order chi connectivity index (χ1) is 10.2. The molecular weight excluding hydrogens is 270 g/mol. The lowest BCUT2D eigenvalue weighted by Crippen LogP contribution is -2.09. The van der Waals surface area contributed by atoms with E-state index in [2.05, 4.69) is 15.3 Å². The number of primary amides is 1. The lowest BCUT2D eigenvalue weighted by molar-refractivity contribution is 0.0974. The molecule has 0 radical (unpaired) electrons. The van der Waals surface area contributed by atoms with Gasteiger partial charge in [-0.25, -0.2) is 9.97 Å². The van der Waals surface area contributed by atoms with Crippen molar-refractivity contribution in [2.75, 3.05) is 5.32 Å². The second kappa shape index (κ2) is 4.34. The Morgan fingerprint density at radius 1 is 1.43 bits per heavy atom. The van der Waals surface area contributed by atoms with E-state index in [1.165, 1.54) is 19.1 Å². The molecule has 0 spiro atoms. The van der Waals surface area contributed by atoms with Gasteiger partial charge in [0.1, 0.15) is 6.26 Å². The van der Waals surface area contributed by atoms with Crippen molar-refractivity contribution in [2.24, 2.45) is 5.73 Å². The number of amides is 1. The molecule has 0 bridgehead atoms. The van der Waals surface area contributed by atoms with E-state index in [1.807, 2.05) is 10.6 Å². The Labute approximate surface area is 119 Å². The molecule has 1 fully saturated rings. The predicted octanol–water partition coefficient (Wildman–Crippen LogP) is 1.66. The molecule has 0 aliphatic heterocycles. The molecule has 3 heterocycles. The minimum absolute atomic E-state index is 0.124. The molecule has 0 aromatic carbocycles. The molecule has 0 atom stereocenters. The summed E-state index contributed by atoms with van der Waals surface area (Å²) in [4.78, 5) is 19.9. The zero-order chi connectivity index (χ0) is 14.4. The molecule has 3 aromatic rings. The van der Waals surface area contributed by atoms with Gasteiger partial charge in [-0.3, -0.25) is 9.20 Å². The molecule has 4 rings (SSSR count). The number of carbonyl (C=O) groups excluding carboxylic acids is 1. The molecule has 1 aliphatic rings. The van der Waals surface area contributed by atoms with Crippen molar-refractivity contribution < 1.29 is 9.21 Å². The van der Waals surface area contributed by atoms with Crippen molar-refractivity contribution in [1.82, 2.24) is 14.4 Å². The third-order valence-corrected chi connectivity index (χ3v) is 3.48. The van der Waals surface area contributed by atoms with Crippen LogP contribution in [0.4, 0.5) is 5.82 Å². The highest BCUT2D eigenvalue weighted by Crippen LogP contribution is 2.28. The first-order valence-corrected chi connectivity index (χ1v) is 6.69. The van der Waals surface area contributed by atoms with Crippen LogP contribution in [0.15, 0.2) is 35.3 Å². The maximum Gasteiger partial charge on any atom is 0.284 e. The van der Waals surface area contributed by atoms with Gasteiger partial charge >= 0.3 is 0 Å². The average Bonchev–Trinajstić information content (AvgIpc) is 2.97. The number of hydrogen-bond donors (Lipinski definition) is 2. The van der Waals surface area contributed by atoms with Gasteiger partial charge in [0, 0.05) is 24.0 Å². The second-order valence-electron chi connectivity index (χ2n) is 5.10. The molecule has 3 N–H and O–H groups in total. The van der Waals surface area contributed by atoms with Crippen LogP contribution in [-0.2, 0) is 0 Å². The molecule has 1 amide bonds. The van der Waals surface area contributed by atoms with E-state index >= 15 is 0 Å². The monoisotopic (exact) mass is 283 g/mol.